The number of aromatic nitrogens is 4. The summed E-state index contributed by atoms with van der Waals surface area (Å²) in [5.41, 5.74) is 3.54. The fourth-order valence-electron chi connectivity index (χ4n) is 4.69. The Kier molecular flexibility index (Phi) is 6.72. The number of carbonyl (C=O) groups is 3. The Morgan fingerprint density at radius 3 is 2.68 bits per heavy atom. The first-order valence-electron chi connectivity index (χ1n) is 11.9. The molecule has 0 spiro atoms. The second-order valence-electron chi connectivity index (χ2n) is 9.02. The Bertz CT molecular complexity index is 1460. The van der Waals surface area contributed by atoms with Gasteiger partial charge in [-0.05, 0) is 42.8 Å². The quantitative estimate of drug-likeness (QED) is 0.391. The summed E-state index contributed by atoms with van der Waals surface area (Å²) >= 11 is 0. The van der Waals surface area contributed by atoms with Gasteiger partial charge in [-0.3, -0.25) is 19.4 Å². The first-order valence-corrected chi connectivity index (χ1v) is 11.9. The maximum atomic E-state index is 14.4. The highest BCUT2D eigenvalue weighted by Gasteiger charge is 2.39. The molecule has 2 amide bonds. The summed E-state index contributed by atoms with van der Waals surface area (Å²) in [5.74, 6) is -0.956. The van der Waals surface area contributed by atoms with Crippen molar-refractivity contribution in [2.45, 2.75) is 38.6 Å². The van der Waals surface area contributed by atoms with Crippen LogP contribution in [-0.4, -0.2) is 61.0 Å². The van der Waals surface area contributed by atoms with Crippen LogP contribution in [0.4, 0.5) is 4.39 Å². The molecule has 1 aliphatic heterocycles. The highest BCUT2D eigenvalue weighted by atomic mass is 19.1. The van der Waals surface area contributed by atoms with E-state index in [0.717, 1.165) is 11.1 Å². The van der Waals surface area contributed by atoms with Crippen molar-refractivity contribution in [1.29, 1.82) is 0 Å². The number of carbonyl (C=O) groups excluding carboxylic acids is 3. The van der Waals surface area contributed by atoms with E-state index < -0.39 is 24.0 Å². The van der Waals surface area contributed by atoms with Crippen molar-refractivity contribution in [2.75, 3.05) is 6.54 Å². The van der Waals surface area contributed by atoms with Crippen LogP contribution in [-0.2, 0) is 22.7 Å². The van der Waals surface area contributed by atoms with Gasteiger partial charge in [-0.15, -0.1) is 0 Å². The van der Waals surface area contributed by atoms with Crippen LogP contribution in [0.15, 0.2) is 67.3 Å². The normalized spacial score (nSPS) is 17.2. The predicted molar refractivity (Wildman–Crippen MR) is 134 cm³/mol. The number of Topliss-reactive ketones (excluding diaryl/α,β-unsaturated/α-hetero) is 1. The van der Waals surface area contributed by atoms with Crippen LogP contribution in [0.25, 0.3) is 22.0 Å². The van der Waals surface area contributed by atoms with Crippen molar-refractivity contribution < 1.29 is 18.8 Å². The topological polar surface area (TPSA) is 110 Å². The second kappa shape index (κ2) is 10.3. The molecule has 1 aromatic carbocycles. The third kappa shape index (κ3) is 5.09. The van der Waals surface area contributed by atoms with Gasteiger partial charge in [-0.25, -0.2) is 4.39 Å². The van der Waals surface area contributed by atoms with Gasteiger partial charge in [-0.1, -0.05) is 12.1 Å². The molecule has 1 N–H and O–H groups in total. The third-order valence-electron chi connectivity index (χ3n) is 6.53. The van der Waals surface area contributed by atoms with E-state index in [1.165, 1.54) is 11.8 Å². The van der Waals surface area contributed by atoms with Crippen LogP contribution >= 0.6 is 0 Å². The Morgan fingerprint density at radius 1 is 1.08 bits per heavy atom. The predicted octanol–water partition coefficient (Wildman–Crippen LogP) is 2.95. The largest absolute Gasteiger partial charge is 0.349 e. The summed E-state index contributed by atoms with van der Waals surface area (Å²) in [7, 11) is 0. The molecular formula is C27H25FN6O3. The highest BCUT2D eigenvalue weighted by molar-refractivity contribution is 6.08. The molecular weight excluding hydrogens is 475 g/mol. The summed E-state index contributed by atoms with van der Waals surface area (Å²) in [6.07, 6.45) is 5.13. The number of pyridine rings is 1. The Balaban J connectivity index is 1.37. The van der Waals surface area contributed by atoms with Crippen LogP contribution in [0.3, 0.4) is 0 Å². The summed E-state index contributed by atoms with van der Waals surface area (Å²) in [5, 5.41) is 11.2. The van der Waals surface area contributed by atoms with Crippen molar-refractivity contribution in [3.05, 3.63) is 78.5 Å². The van der Waals surface area contributed by atoms with E-state index in [4.69, 9.17) is 0 Å². The second-order valence-corrected chi connectivity index (χ2v) is 9.02. The van der Waals surface area contributed by atoms with Crippen molar-refractivity contribution in [3.63, 3.8) is 0 Å². The Hall–Kier alpha value is -4.47. The fraction of sp³-hybridized carbons (Fsp3) is 0.259. The summed E-state index contributed by atoms with van der Waals surface area (Å²) in [6.45, 7) is 1.38. The number of rotatable bonds is 7. The molecule has 9 nitrogen and oxygen atoms in total. The lowest BCUT2D eigenvalue weighted by Gasteiger charge is -2.24. The van der Waals surface area contributed by atoms with E-state index in [1.54, 1.807) is 41.5 Å². The number of hydrogen-bond acceptors (Lipinski definition) is 6. The van der Waals surface area contributed by atoms with Gasteiger partial charge in [0.2, 0.25) is 11.8 Å². The number of nitrogens with one attached hydrogen (secondary N) is 1. The van der Waals surface area contributed by atoms with Crippen molar-refractivity contribution >= 4 is 28.5 Å². The zero-order valence-corrected chi connectivity index (χ0v) is 20.2. The van der Waals surface area contributed by atoms with E-state index in [-0.39, 0.29) is 31.8 Å². The van der Waals surface area contributed by atoms with Gasteiger partial charge < -0.3 is 14.8 Å². The molecule has 2 atom stereocenters. The van der Waals surface area contributed by atoms with Crippen molar-refractivity contribution in [3.8, 4) is 11.1 Å². The molecule has 2 unspecified atom stereocenters. The molecule has 4 aromatic rings. The third-order valence-corrected chi connectivity index (χ3v) is 6.53. The number of halogens is 1. The van der Waals surface area contributed by atoms with Gasteiger partial charge in [0.05, 0.1) is 31.2 Å². The monoisotopic (exact) mass is 500 g/mol. The Labute approximate surface area is 212 Å². The van der Waals surface area contributed by atoms with Crippen LogP contribution in [0.2, 0.25) is 0 Å². The Morgan fingerprint density at radius 2 is 1.95 bits per heavy atom. The average molecular weight is 501 g/mol. The zero-order chi connectivity index (χ0) is 25.9. The number of fused-ring (bicyclic) bond motifs is 1. The number of ketones is 1. The van der Waals surface area contributed by atoms with E-state index in [2.05, 4.69) is 20.5 Å². The molecule has 0 aliphatic carbocycles. The molecule has 37 heavy (non-hydrogen) atoms. The lowest BCUT2D eigenvalue weighted by Crippen LogP contribution is -2.46. The minimum Gasteiger partial charge on any atom is -0.349 e. The number of likely N-dealkylation sites (tertiary alicyclic amines) is 1. The highest BCUT2D eigenvalue weighted by Crippen LogP contribution is 2.29. The molecule has 4 heterocycles. The standard InChI is InChI=1S/C27H25FN6O3/c1-17(35)23-15-33(24-6-5-18(10-22(23)24)19-7-9-31-32-12-19)16-26(36)34-14-20(28)11-25(34)27(37)30-13-21-4-2-3-8-29-21/h2-10,12,15,20,25H,11,13-14,16H2,1H3,(H,30,37). The SMILES string of the molecule is CC(=O)c1cn(CC(=O)N2CC(F)CC2C(=O)NCc2ccccn2)c2ccc(-c3ccnnc3)cc12. The minimum atomic E-state index is -1.29. The molecule has 3 aromatic heterocycles. The number of nitrogens with zero attached hydrogens (tertiary/aromatic N) is 5. The summed E-state index contributed by atoms with van der Waals surface area (Å²) in [4.78, 5) is 44.0. The van der Waals surface area contributed by atoms with Gasteiger partial charge >= 0.3 is 0 Å². The molecule has 1 aliphatic rings. The van der Waals surface area contributed by atoms with Gasteiger partial charge in [0, 0.05) is 40.8 Å². The lowest BCUT2D eigenvalue weighted by atomic mass is 10.0. The van der Waals surface area contributed by atoms with E-state index in [9.17, 15) is 18.8 Å². The van der Waals surface area contributed by atoms with E-state index in [1.807, 2.05) is 30.3 Å². The molecule has 0 radical (unpaired) electrons. The summed E-state index contributed by atoms with van der Waals surface area (Å²) in [6, 6.07) is 11.9. The fourth-order valence-corrected chi connectivity index (χ4v) is 4.69. The zero-order valence-electron chi connectivity index (χ0n) is 20.2. The smallest absolute Gasteiger partial charge is 0.243 e. The molecule has 10 heteroatoms. The van der Waals surface area contributed by atoms with Crippen molar-refractivity contribution in [2.24, 2.45) is 0 Å². The average Bonchev–Trinajstić information content (AvgIpc) is 3.49. The first kappa shape index (κ1) is 24.2. The van der Waals surface area contributed by atoms with Gasteiger partial charge in [0.15, 0.2) is 5.78 Å². The molecule has 5 rings (SSSR count). The van der Waals surface area contributed by atoms with Crippen LogP contribution in [0.5, 0.6) is 0 Å². The molecule has 188 valence electrons. The molecule has 0 bridgehead atoms. The van der Waals surface area contributed by atoms with Crippen molar-refractivity contribution in [1.82, 2.24) is 30.0 Å². The van der Waals surface area contributed by atoms with E-state index >= 15 is 0 Å². The maximum absolute atomic E-state index is 14.4. The number of benzene rings is 1. The molecule has 1 fully saturated rings. The van der Waals surface area contributed by atoms with Gasteiger partial charge in [-0.2, -0.15) is 10.2 Å². The molecule has 1 saturated heterocycles. The maximum Gasteiger partial charge on any atom is 0.243 e. The molecule has 0 saturated carbocycles. The lowest BCUT2D eigenvalue weighted by molar-refractivity contribution is -0.139. The number of hydrogen-bond donors (Lipinski definition) is 1. The number of amides is 2. The first-order chi connectivity index (χ1) is 17.9. The summed E-state index contributed by atoms with van der Waals surface area (Å²) < 4.78 is 16.0. The number of alkyl halides is 1. The van der Waals surface area contributed by atoms with Gasteiger partial charge in [0.1, 0.15) is 18.8 Å². The van der Waals surface area contributed by atoms with Crippen LogP contribution in [0.1, 0.15) is 29.4 Å². The van der Waals surface area contributed by atoms with E-state index in [0.29, 0.717) is 22.2 Å². The van der Waals surface area contributed by atoms with Crippen LogP contribution < -0.4 is 5.32 Å². The minimum absolute atomic E-state index is 0.0613. The van der Waals surface area contributed by atoms with Gasteiger partial charge in [0.25, 0.3) is 0 Å². The van der Waals surface area contributed by atoms with Crippen LogP contribution in [0, 0.1) is 0 Å².